The van der Waals surface area contributed by atoms with Gasteiger partial charge in [0.15, 0.2) is 0 Å². The highest BCUT2D eigenvalue weighted by molar-refractivity contribution is 6.01. The minimum absolute atomic E-state index is 0.126. The number of rotatable bonds is 5. The number of benzene rings is 2. The fourth-order valence-electron chi connectivity index (χ4n) is 3.56. The van der Waals surface area contributed by atoms with Crippen molar-refractivity contribution in [2.75, 3.05) is 7.11 Å². The van der Waals surface area contributed by atoms with Crippen molar-refractivity contribution in [3.05, 3.63) is 60.4 Å². The Balaban J connectivity index is 1.49. The molecule has 8 nitrogen and oxygen atoms in total. The monoisotopic (exact) mass is 416 g/mol. The number of fused-ring (bicyclic) bond motifs is 2. The molecule has 0 bridgehead atoms. The molecule has 1 fully saturated rings. The molecule has 31 heavy (non-hydrogen) atoms. The number of nitrogens with two attached hydrogens (primary N) is 1. The second-order valence-electron chi connectivity index (χ2n) is 7.48. The Labute approximate surface area is 177 Å². The van der Waals surface area contributed by atoms with Crippen molar-refractivity contribution in [3.63, 3.8) is 0 Å². The van der Waals surface area contributed by atoms with Crippen molar-refractivity contribution in [2.45, 2.75) is 18.9 Å². The molecule has 3 N–H and O–H groups in total. The van der Waals surface area contributed by atoms with E-state index in [0.29, 0.717) is 28.2 Å². The Morgan fingerprint density at radius 1 is 1.13 bits per heavy atom. The minimum Gasteiger partial charge on any atom is -0.496 e. The third-order valence-electron chi connectivity index (χ3n) is 5.30. The van der Waals surface area contributed by atoms with E-state index >= 15 is 0 Å². The van der Waals surface area contributed by atoms with Gasteiger partial charge in [-0.15, -0.1) is 0 Å². The van der Waals surface area contributed by atoms with Gasteiger partial charge in [-0.2, -0.15) is 0 Å². The lowest BCUT2D eigenvalue weighted by Crippen LogP contribution is -2.29. The summed E-state index contributed by atoms with van der Waals surface area (Å²) in [6, 6.07) is 12.5. The van der Waals surface area contributed by atoms with Crippen LogP contribution in [-0.4, -0.2) is 34.6 Å². The van der Waals surface area contributed by atoms with E-state index in [1.165, 1.54) is 7.11 Å². The maximum Gasteiger partial charge on any atom is 0.326 e. The number of ether oxygens (including phenoxy) is 2. The molecule has 0 aliphatic heterocycles. The topological polar surface area (TPSA) is 108 Å². The zero-order valence-electron chi connectivity index (χ0n) is 16.8. The molecule has 1 saturated carbocycles. The van der Waals surface area contributed by atoms with Crippen LogP contribution in [0.3, 0.4) is 0 Å². The molecule has 4 aromatic rings. The molecule has 0 unspecified atom stereocenters. The first-order valence-corrected chi connectivity index (χ1v) is 9.90. The number of hydrogen-bond acceptors (Lipinski definition) is 5. The van der Waals surface area contributed by atoms with Gasteiger partial charge in [0.2, 0.25) is 0 Å². The van der Waals surface area contributed by atoms with E-state index in [0.717, 1.165) is 23.7 Å². The van der Waals surface area contributed by atoms with Crippen LogP contribution in [-0.2, 0) is 0 Å². The van der Waals surface area contributed by atoms with E-state index in [9.17, 15) is 9.59 Å². The Morgan fingerprint density at radius 3 is 2.71 bits per heavy atom. The summed E-state index contributed by atoms with van der Waals surface area (Å²) in [7, 11) is 1.47. The summed E-state index contributed by atoms with van der Waals surface area (Å²) >= 11 is 0. The molecule has 1 aliphatic rings. The first-order valence-electron chi connectivity index (χ1n) is 9.90. The number of nitrogens with one attached hydrogen (secondary N) is 1. The average Bonchev–Trinajstić information content (AvgIpc) is 3.48. The average molecular weight is 416 g/mol. The summed E-state index contributed by atoms with van der Waals surface area (Å²) in [6.07, 6.45) is 5.44. The molecule has 5 rings (SSSR count). The van der Waals surface area contributed by atoms with Gasteiger partial charge in [0.05, 0.1) is 23.7 Å². The van der Waals surface area contributed by atoms with Crippen LogP contribution in [0.2, 0.25) is 0 Å². The summed E-state index contributed by atoms with van der Waals surface area (Å²) in [5.74, 6) is 0.884. The lowest BCUT2D eigenvalue weighted by Gasteiger charge is -2.12. The molecule has 8 heteroatoms. The minimum atomic E-state index is -0.596. The molecule has 1 aliphatic carbocycles. The number of carbonyl (C=O) groups is 2. The van der Waals surface area contributed by atoms with E-state index in [1.807, 2.05) is 18.2 Å². The van der Waals surface area contributed by atoms with Crippen molar-refractivity contribution >= 4 is 33.7 Å². The highest BCUT2D eigenvalue weighted by Gasteiger charge is 2.24. The van der Waals surface area contributed by atoms with Gasteiger partial charge in [-0.3, -0.25) is 14.3 Å². The van der Waals surface area contributed by atoms with Crippen LogP contribution in [0, 0.1) is 0 Å². The molecule has 2 heterocycles. The predicted octanol–water partition coefficient (Wildman–Crippen LogP) is 3.81. The van der Waals surface area contributed by atoms with Gasteiger partial charge >= 0.3 is 6.03 Å². The smallest absolute Gasteiger partial charge is 0.326 e. The predicted molar refractivity (Wildman–Crippen MR) is 116 cm³/mol. The number of primary amides is 1. The largest absolute Gasteiger partial charge is 0.496 e. The summed E-state index contributed by atoms with van der Waals surface area (Å²) in [6.45, 7) is 0. The Hall–Kier alpha value is -4.07. The van der Waals surface area contributed by atoms with E-state index < -0.39 is 5.91 Å². The van der Waals surface area contributed by atoms with E-state index in [4.69, 9.17) is 15.2 Å². The quantitative estimate of drug-likeness (QED) is 0.514. The summed E-state index contributed by atoms with van der Waals surface area (Å²) in [5, 5.41) is 4.50. The second kappa shape index (κ2) is 7.32. The summed E-state index contributed by atoms with van der Waals surface area (Å²) in [5.41, 5.74) is 7.15. The molecular formula is C23H20N4O4. The van der Waals surface area contributed by atoms with Crippen molar-refractivity contribution in [3.8, 4) is 17.2 Å². The fourth-order valence-corrected chi connectivity index (χ4v) is 3.56. The van der Waals surface area contributed by atoms with Crippen LogP contribution in [0.5, 0.6) is 17.2 Å². The normalized spacial score (nSPS) is 13.3. The molecule has 2 aromatic heterocycles. The van der Waals surface area contributed by atoms with Gasteiger partial charge in [-0.1, -0.05) is 0 Å². The summed E-state index contributed by atoms with van der Waals surface area (Å²) < 4.78 is 13.0. The van der Waals surface area contributed by atoms with Crippen LogP contribution in [0.15, 0.2) is 54.9 Å². The van der Waals surface area contributed by atoms with Gasteiger partial charge in [0.25, 0.3) is 5.91 Å². The number of methoxy groups -OCH3 is 1. The van der Waals surface area contributed by atoms with Gasteiger partial charge < -0.3 is 20.5 Å². The van der Waals surface area contributed by atoms with Gasteiger partial charge in [0, 0.05) is 35.3 Å². The van der Waals surface area contributed by atoms with Crippen LogP contribution < -0.4 is 20.5 Å². The number of aromatic nitrogens is 2. The second-order valence-corrected chi connectivity index (χ2v) is 7.48. The fraction of sp³-hybridized carbons (Fsp3) is 0.174. The molecule has 0 radical (unpaired) electrons. The van der Waals surface area contributed by atoms with Crippen molar-refractivity contribution < 1.29 is 19.1 Å². The van der Waals surface area contributed by atoms with E-state index in [-0.39, 0.29) is 17.6 Å². The number of nitrogens with zero attached hydrogens (tertiary/aromatic N) is 2. The van der Waals surface area contributed by atoms with Gasteiger partial charge in [-0.05, 0) is 49.2 Å². The van der Waals surface area contributed by atoms with E-state index in [1.54, 1.807) is 41.2 Å². The Morgan fingerprint density at radius 2 is 1.97 bits per heavy atom. The van der Waals surface area contributed by atoms with Crippen LogP contribution in [0.25, 0.3) is 21.8 Å². The van der Waals surface area contributed by atoms with Gasteiger partial charge in [-0.25, -0.2) is 4.79 Å². The zero-order chi connectivity index (χ0) is 21.5. The highest BCUT2D eigenvalue weighted by atomic mass is 16.5. The number of pyridine rings is 1. The van der Waals surface area contributed by atoms with E-state index in [2.05, 4.69) is 10.3 Å². The molecule has 0 atom stereocenters. The SMILES string of the molecule is COc1cc2nccc(Oc3ccc4c(ccn4C(=O)NC4CC4)c3)c2cc1C(N)=O. The third kappa shape index (κ3) is 3.52. The first kappa shape index (κ1) is 18.9. The lowest BCUT2D eigenvalue weighted by molar-refractivity contribution is 0.0997. The van der Waals surface area contributed by atoms with Crippen molar-refractivity contribution in [1.82, 2.24) is 14.9 Å². The number of hydrogen-bond donors (Lipinski definition) is 2. The maximum atomic E-state index is 12.4. The Bertz CT molecular complexity index is 1340. The lowest BCUT2D eigenvalue weighted by atomic mass is 10.1. The van der Waals surface area contributed by atoms with Crippen molar-refractivity contribution in [1.29, 1.82) is 0 Å². The standard InChI is InChI=1S/C23H20N4O4/c1-30-21-12-18-16(11-17(21)22(24)28)20(6-8-25-18)31-15-4-5-19-13(10-15)7-9-27(19)23(29)26-14-2-3-14/h4-12,14H,2-3H2,1H3,(H2,24,28)(H,26,29). The maximum absolute atomic E-state index is 12.4. The van der Waals surface area contributed by atoms with Crippen molar-refractivity contribution in [2.24, 2.45) is 5.73 Å². The van der Waals surface area contributed by atoms with Crippen LogP contribution in [0.4, 0.5) is 4.79 Å². The molecule has 2 amide bonds. The highest BCUT2D eigenvalue weighted by Crippen LogP contribution is 2.34. The number of amides is 2. The molecule has 0 saturated heterocycles. The molecule has 156 valence electrons. The third-order valence-corrected chi connectivity index (χ3v) is 5.30. The number of carbonyl (C=O) groups excluding carboxylic acids is 2. The summed E-state index contributed by atoms with van der Waals surface area (Å²) in [4.78, 5) is 28.5. The van der Waals surface area contributed by atoms with Crippen LogP contribution in [0.1, 0.15) is 23.2 Å². The van der Waals surface area contributed by atoms with Gasteiger partial charge in [0.1, 0.15) is 17.2 Å². The molecule has 0 spiro atoms. The molecule has 2 aromatic carbocycles. The van der Waals surface area contributed by atoms with Crippen LogP contribution >= 0.6 is 0 Å². The first-order chi connectivity index (χ1) is 15.0. The Kier molecular flexibility index (Phi) is 4.47. The zero-order valence-corrected chi connectivity index (χ0v) is 16.8. The molecular weight excluding hydrogens is 396 g/mol.